The first-order valence-corrected chi connectivity index (χ1v) is 16.5. The lowest BCUT2D eigenvalue weighted by Crippen LogP contribution is -2.41. The highest BCUT2D eigenvalue weighted by molar-refractivity contribution is 7.14. The smallest absolute Gasteiger partial charge is 0.310 e. The van der Waals surface area contributed by atoms with Gasteiger partial charge in [-0.1, -0.05) is 23.8 Å². The fourth-order valence-corrected chi connectivity index (χ4v) is 8.05. The molecule has 2 saturated heterocycles. The number of rotatable bonds is 8. The first-order chi connectivity index (χ1) is 20.9. The molecule has 0 bridgehead atoms. The van der Waals surface area contributed by atoms with E-state index in [1.54, 1.807) is 11.3 Å². The molecule has 0 radical (unpaired) electrons. The number of thiazole rings is 1. The summed E-state index contributed by atoms with van der Waals surface area (Å²) in [6.45, 7) is 11.5. The molecule has 3 aromatic rings. The minimum atomic E-state index is -0.634. The maximum Gasteiger partial charge on any atom is 0.310 e. The van der Waals surface area contributed by atoms with Crippen LogP contribution < -0.4 is 9.64 Å². The Bertz CT molecular complexity index is 1500. The quantitative estimate of drug-likeness (QED) is 0.380. The van der Waals surface area contributed by atoms with Gasteiger partial charge >= 0.3 is 5.97 Å². The van der Waals surface area contributed by atoms with Crippen molar-refractivity contribution in [2.45, 2.75) is 52.2 Å². The molecule has 1 saturated carbocycles. The van der Waals surface area contributed by atoms with E-state index in [9.17, 15) is 9.90 Å². The van der Waals surface area contributed by atoms with E-state index >= 15 is 0 Å². The summed E-state index contributed by atoms with van der Waals surface area (Å²) in [5.41, 5.74) is 8.06. The monoisotopic (exact) mass is 603 g/mol. The minimum Gasteiger partial charge on any atom is -0.488 e. The van der Waals surface area contributed by atoms with Crippen LogP contribution in [0.15, 0.2) is 35.7 Å². The second-order valence-electron chi connectivity index (χ2n) is 12.7. The number of benzene rings is 2. The number of ether oxygens (including phenoxy) is 3. The van der Waals surface area contributed by atoms with Crippen LogP contribution in [-0.4, -0.2) is 79.6 Å². The molecule has 228 valence electrons. The van der Waals surface area contributed by atoms with Crippen LogP contribution in [0.4, 0.5) is 5.13 Å². The fourth-order valence-electron chi connectivity index (χ4n) is 7.19. The highest BCUT2D eigenvalue weighted by atomic mass is 32.1. The third kappa shape index (κ3) is 5.80. The molecule has 9 heteroatoms. The molecule has 3 aliphatic heterocycles. The molecular formula is C34H41N3O5S. The number of carbonyl (C=O) groups is 1. The number of nitrogens with zero attached hydrogens (tertiary/aromatic N) is 3. The normalized spacial score (nSPS) is 25.5. The van der Waals surface area contributed by atoms with Crippen LogP contribution >= 0.6 is 11.3 Å². The van der Waals surface area contributed by atoms with Crippen LogP contribution in [-0.2, 0) is 33.7 Å². The van der Waals surface area contributed by atoms with Gasteiger partial charge in [0, 0.05) is 43.7 Å². The van der Waals surface area contributed by atoms with Crippen molar-refractivity contribution < 1.29 is 24.1 Å². The van der Waals surface area contributed by atoms with E-state index in [2.05, 4.69) is 59.4 Å². The molecule has 3 atom stereocenters. The van der Waals surface area contributed by atoms with Crippen molar-refractivity contribution in [3.63, 3.8) is 0 Å². The van der Waals surface area contributed by atoms with E-state index in [1.165, 1.54) is 22.3 Å². The van der Waals surface area contributed by atoms with Gasteiger partial charge in [-0.25, -0.2) is 4.98 Å². The summed E-state index contributed by atoms with van der Waals surface area (Å²) in [7, 11) is 0. The summed E-state index contributed by atoms with van der Waals surface area (Å²) in [5, 5.41) is 12.7. The molecule has 3 fully saturated rings. The number of piperidine rings is 1. The highest BCUT2D eigenvalue weighted by Crippen LogP contribution is 2.58. The van der Waals surface area contributed by atoms with Crippen LogP contribution in [0.5, 0.6) is 5.75 Å². The topological polar surface area (TPSA) is 84.4 Å². The molecule has 7 rings (SSSR count). The maximum absolute atomic E-state index is 11.7. The summed E-state index contributed by atoms with van der Waals surface area (Å²) in [6.07, 6.45) is 3.74. The minimum absolute atomic E-state index is 0.173. The molecule has 1 unspecified atom stereocenters. The molecule has 0 amide bonds. The van der Waals surface area contributed by atoms with E-state index < -0.39 is 11.4 Å². The zero-order chi connectivity index (χ0) is 29.6. The van der Waals surface area contributed by atoms with Crippen LogP contribution in [0.3, 0.4) is 0 Å². The largest absolute Gasteiger partial charge is 0.488 e. The SMILES string of the molecule is Cc1ccc(OCc2ccc3c(c2C)CCN(CC2COCCO2)CC3)c(-c2csc(N3CC[C@@]4(C(=O)O)C[C@H]4C3)n2)c1. The van der Waals surface area contributed by atoms with Crippen molar-refractivity contribution in [1.29, 1.82) is 0 Å². The number of fused-ring (bicyclic) bond motifs is 2. The van der Waals surface area contributed by atoms with Gasteiger partial charge in [0.05, 0.1) is 37.0 Å². The first-order valence-electron chi connectivity index (χ1n) is 15.6. The summed E-state index contributed by atoms with van der Waals surface area (Å²) in [5.74, 6) is 0.436. The molecular weight excluding hydrogens is 562 g/mol. The number of aliphatic carboxylic acids is 1. The van der Waals surface area contributed by atoms with Crippen molar-refractivity contribution in [2.24, 2.45) is 11.3 Å². The third-order valence-electron chi connectivity index (χ3n) is 10.0. The first kappa shape index (κ1) is 28.8. The number of carboxylic acid groups (broad SMARTS) is 1. The molecule has 43 heavy (non-hydrogen) atoms. The van der Waals surface area contributed by atoms with Gasteiger partial charge in [0.25, 0.3) is 0 Å². The van der Waals surface area contributed by atoms with Crippen LogP contribution in [0, 0.1) is 25.2 Å². The Morgan fingerprint density at radius 2 is 2.05 bits per heavy atom. The summed E-state index contributed by atoms with van der Waals surface area (Å²) in [6, 6.07) is 10.8. The predicted octanol–water partition coefficient (Wildman–Crippen LogP) is 5.12. The average molecular weight is 604 g/mol. The Balaban J connectivity index is 1.03. The fraction of sp³-hybridized carbons (Fsp3) is 0.529. The lowest BCUT2D eigenvalue weighted by molar-refractivity contribution is -0.144. The summed E-state index contributed by atoms with van der Waals surface area (Å²) >= 11 is 1.63. The molecule has 1 aliphatic carbocycles. The van der Waals surface area contributed by atoms with Crippen molar-refractivity contribution >= 4 is 22.4 Å². The molecule has 4 aliphatic rings. The van der Waals surface area contributed by atoms with Gasteiger partial charge in [0.15, 0.2) is 5.13 Å². The molecule has 4 heterocycles. The van der Waals surface area contributed by atoms with Crippen molar-refractivity contribution in [3.8, 4) is 17.0 Å². The molecule has 8 nitrogen and oxygen atoms in total. The maximum atomic E-state index is 11.7. The number of carboxylic acids is 1. The third-order valence-corrected chi connectivity index (χ3v) is 10.9. The van der Waals surface area contributed by atoms with E-state index in [0.717, 1.165) is 79.7 Å². The zero-order valence-electron chi connectivity index (χ0n) is 25.1. The standard InChI is InChI=1S/C34H41N3O5S/c1-22-3-6-31(29(15-22)30-21-43-33(35-30)37-12-9-34(32(38)39)16-26(34)17-37)42-19-25-5-4-24-7-10-36(11-8-28(24)23(25)2)18-27-20-40-13-14-41-27/h3-6,15,21,26-27H,7-14,16-20H2,1-2H3,(H,38,39)/t26-,27?,34+/m0/s1. The Morgan fingerprint density at radius 3 is 2.86 bits per heavy atom. The van der Waals surface area contributed by atoms with E-state index in [1.807, 2.05) is 0 Å². The lowest BCUT2D eigenvalue weighted by Gasteiger charge is -2.29. The number of aryl methyl sites for hydroxylation is 1. The summed E-state index contributed by atoms with van der Waals surface area (Å²) in [4.78, 5) is 21.5. The highest BCUT2D eigenvalue weighted by Gasteiger charge is 2.62. The number of anilines is 1. The van der Waals surface area contributed by atoms with Gasteiger partial charge < -0.3 is 29.1 Å². The number of aromatic nitrogens is 1. The molecule has 1 N–H and O–H groups in total. The molecule has 2 aromatic carbocycles. The van der Waals surface area contributed by atoms with Gasteiger partial charge in [-0.3, -0.25) is 4.79 Å². The van der Waals surface area contributed by atoms with Crippen molar-refractivity contribution in [1.82, 2.24) is 9.88 Å². The zero-order valence-corrected chi connectivity index (χ0v) is 26.0. The molecule has 1 aromatic heterocycles. The van der Waals surface area contributed by atoms with Gasteiger partial charge in [-0.2, -0.15) is 0 Å². The van der Waals surface area contributed by atoms with Crippen molar-refractivity contribution in [3.05, 3.63) is 63.5 Å². The van der Waals surface area contributed by atoms with Gasteiger partial charge in [0.2, 0.25) is 0 Å². The van der Waals surface area contributed by atoms with E-state index in [-0.39, 0.29) is 12.0 Å². The predicted molar refractivity (Wildman–Crippen MR) is 167 cm³/mol. The van der Waals surface area contributed by atoms with Crippen LogP contribution in [0.1, 0.15) is 40.7 Å². The molecule has 0 spiro atoms. The van der Waals surface area contributed by atoms with Gasteiger partial charge in [0.1, 0.15) is 12.4 Å². The number of hydrogen-bond donors (Lipinski definition) is 1. The Kier molecular flexibility index (Phi) is 7.92. The van der Waals surface area contributed by atoms with Crippen molar-refractivity contribution in [2.75, 3.05) is 57.4 Å². The summed E-state index contributed by atoms with van der Waals surface area (Å²) < 4.78 is 18.0. The van der Waals surface area contributed by atoms with E-state index in [0.29, 0.717) is 32.8 Å². The van der Waals surface area contributed by atoms with Crippen LogP contribution in [0.25, 0.3) is 11.3 Å². The van der Waals surface area contributed by atoms with Gasteiger partial charge in [-0.15, -0.1) is 11.3 Å². The number of hydrogen-bond acceptors (Lipinski definition) is 8. The second kappa shape index (κ2) is 11.8. The Labute approximate surface area is 257 Å². The van der Waals surface area contributed by atoms with Gasteiger partial charge in [-0.05, 0) is 79.8 Å². The van der Waals surface area contributed by atoms with E-state index in [4.69, 9.17) is 19.2 Å². The Hall–Kier alpha value is -2.98. The average Bonchev–Trinajstić information content (AvgIpc) is 3.64. The Morgan fingerprint density at radius 1 is 1.16 bits per heavy atom. The van der Waals surface area contributed by atoms with Crippen LogP contribution in [0.2, 0.25) is 0 Å². The second-order valence-corrected chi connectivity index (χ2v) is 13.6. The lowest BCUT2D eigenvalue weighted by atomic mass is 9.94.